The topological polar surface area (TPSA) is 104 Å². The average molecular weight is 435 g/mol. The molecule has 0 bridgehead atoms. The van der Waals surface area contributed by atoms with Crippen molar-refractivity contribution >= 4 is 17.8 Å². The van der Waals surface area contributed by atoms with Crippen molar-refractivity contribution in [2.45, 2.75) is 24.7 Å². The van der Waals surface area contributed by atoms with E-state index in [2.05, 4.69) is 0 Å². The lowest BCUT2D eigenvalue weighted by Crippen LogP contribution is -2.73. The Morgan fingerprint density at radius 1 is 1.23 bits per heavy atom. The smallest absolute Gasteiger partial charge is 0.475 e. The van der Waals surface area contributed by atoms with Gasteiger partial charge in [0.25, 0.3) is 5.91 Å². The number of morpholine rings is 1. The Balaban J connectivity index is 0.000000396. The summed E-state index contributed by atoms with van der Waals surface area (Å²) in [5, 5.41) is 7.12. The number of halogens is 3. The number of amides is 2. The molecule has 1 N–H and O–H groups in total. The number of nitrogens with zero attached hydrogens (tertiary/aromatic N) is 3. The number of ether oxygens (including phenoxy) is 1. The second-order valence-corrected chi connectivity index (χ2v) is 7.55. The van der Waals surface area contributed by atoms with Crippen LogP contribution in [0.3, 0.4) is 0 Å². The van der Waals surface area contributed by atoms with Gasteiger partial charge in [-0.2, -0.15) is 13.2 Å². The maximum atomic E-state index is 12.4. The number of furan rings is 1. The summed E-state index contributed by atoms with van der Waals surface area (Å²) < 4.78 is 43.0. The monoisotopic (exact) mass is 435 g/mol. The number of likely N-dealkylation sites (tertiary alicyclic amines) is 1. The van der Waals surface area contributed by atoms with Crippen LogP contribution in [0, 0.1) is 6.92 Å². The van der Waals surface area contributed by atoms with Gasteiger partial charge in [-0.15, -0.1) is 0 Å². The van der Waals surface area contributed by atoms with E-state index in [1.807, 2.05) is 18.9 Å². The summed E-state index contributed by atoms with van der Waals surface area (Å²) in [4.78, 5) is 38.7. The zero-order valence-electron chi connectivity index (χ0n) is 17.0. The fourth-order valence-electron chi connectivity index (χ4n) is 3.27. The number of carboxylic acid groups (broad SMARTS) is 1. The second kappa shape index (κ2) is 8.64. The minimum absolute atomic E-state index is 0.0424. The molecule has 2 fully saturated rings. The molecule has 12 heteroatoms. The molecule has 9 nitrogen and oxygen atoms in total. The van der Waals surface area contributed by atoms with Gasteiger partial charge in [0.15, 0.2) is 5.76 Å². The second-order valence-electron chi connectivity index (χ2n) is 7.55. The number of hydrogen-bond acceptors (Lipinski definition) is 6. The minimum Gasteiger partial charge on any atom is -0.475 e. The van der Waals surface area contributed by atoms with Gasteiger partial charge < -0.3 is 24.1 Å². The van der Waals surface area contributed by atoms with Gasteiger partial charge in [0.2, 0.25) is 5.91 Å². The van der Waals surface area contributed by atoms with Crippen LogP contribution in [-0.2, 0) is 14.3 Å². The van der Waals surface area contributed by atoms with Crippen molar-refractivity contribution in [3.8, 4) is 0 Å². The molecular weight excluding hydrogens is 411 g/mol. The molecule has 1 aromatic heterocycles. The molecule has 0 radical (unpaired) electrons. The van der Waals surface area contributed by atoms with E-state index >= 15 is 0 Å². The Morgan fingerprint density at radius 3 is 2.20 bits per heavy atom. The fraction of sp³-hybridized carbons (Fsp3) is 0.611. The molecule has 30 heavy (non-hydrogen) atoms. The number of alkyl halides is 3. The molecule has 1 unspecified atom stereocenters. The van der Waals surface area contributed by atoms with Crippen molar-refractivity contribution < 1.29 is 41.8 Å². The Kier molecular flexibility index (Phi) is 6.82. The largest absolute Gasteiger partial charge is 0.490 e. The Morgan fingerprint density at radius 2 is 1.80 bits per heavy atom. The molecule has 2 saturated heterocycles. The van der Waals surface area contributed by atoms with E-state index in [-0.39, 0.29) is 23.5 Å². The molecule has 2 aliphatic heterocycles. The van der Waals surface area contributed by atoms with Crippen LogP contribution in [0.4, 0.5) is 13.2 Å². The van der Waals surface area contributed by atoms with Crippen molar-refractivity contribution in [2.24, 2.45) is 0 Å². The van der Waals surface area contributed by atoms with Crippen molar-refractivity contribution in [2.75, 3.05) is 47.4 Å². The molecule has 168 valence electrons. The molecular formula is C18H24F3N3O6. The summed E-state index contributed by atoms with van der Waals surface area (Å²) in [5.41, 5.74) is 0.475. The van der Waals surface area contributed by atoms with Gasteiger partial charge in [0, 0.05) is 26.2 Å². The van der Waals surface area contributed by atoms with Crippen LogP contribution in [0.25, 0.3) is 0 Å². The molecule has 0 saturated carbocycles. The number of likely N-dealkylation sites (N-methyl/N-ethyl adjacent to an activating group) is 2. The van der Waals surface area contributed by atoms with E-state index in [4.69, 9.17) is 19.1 Å². The molecule has 2 amide bonds. The number of rotatable bonds is 2. The highest BCUT2D eigenvalue weighted by molar-refractivity contribution is 5.93. The van der Waals surface area contributed by atoms with Crippen molar-refractivity contribution in [1.82, 2.24) is 14.7 Å². The molecule has 3 heterocycles. The Bertz CT molecular complexity index is 801. The first-order valence-corrected chi connectivity index (χ1v) is 8.96. The van der Waals surface area contributed by atoms with Gasteiger partial charge in [0.1, 0.15) is 11.6 Å². The third-order valence-corrected chi connectivity index (χ3v) is 4.89. The first-order chi connectivity index (χ1) is 13.8. The lowest BCUT2D eigenvalue weighted by molar-refractivity contribution is -0.192. The fourth-order valence-corrected chi connectivity index (χ4v) is 3.27. The summed E-state index contributed by atoms with van der Waals surface area (Å²) >= 11 is 0. The quantitative estimate of drug-likeness (QED) is 0.734. The molecule has 1 aromatic rings. The van der Waals surface area contributed by atoms with E-state index in [0.717, 1.165) is 5.56 Å². The van der Waals surface area contributed by atoms with Crippen LogP contribution >= 0.6 is 0 Å². The number of carbonyl (C=O) groups is 3. The predicted octanol–water partition coefficient (Wildman–Crippen LogP) is 0.835. The first-order valence-electron chi connectivity index (χ1n) is 8.96. The van der Waals surface area contributed by atoms with Crippen LogP contribution in [-0.4, -0.2) is 103 Å². The lowest BCUT2D eigenvalue weighted by atomic mass is 9.90. The van der Waals surface area contributed by atoms with Crippen molar-refractivity contribution in [3.05, 3.63) is 23.7 Å². The van der Waals surface area contributed by atoms with Gasteiger partial charge in [-0.1, -0.05) is 0 Å². The zero-order valence-corrected chi connectivity index (χ0v) is 17.0. The third-order valence-electron chi connectivity index (χ3n) is 4.89. The van der Waals surface area contributed by atoms with Gasteiger partial charge >= 0.3 is 12.1 Å². The highest BCUT2D eigenvalue weighted by Gasteiger charge is 2.52. The first kappa shape index (κ1) is 23.7. The summed E-state index contributed by atoms with van der Waals surface area (Å²) in [7, 11) is 5.42. The van der Waals surface area contributed by atoms with Gasteiger partial charge in [0.05, 0.1) is 26.0 Å². The van der Waals surface area contributed by atoms with E-state index in [0.29, 0.717) is 32.0 Å². The third kappa shape index (κ3) is 5.11. The van der Waals surface area contributed by atoms with E-state index in [1.165, 1.54) is 6.26 Å². The maximum Gasteiger partial charge on any atom is 0.490 e. The number of carbonyl (C=O) groups excluding carboxylic acids is 2. The van der Waals surface area contributed by atoms with Crippen LogP contribution in [0.5, 0.6) is 0 Å². The van der Waals surface area contributed by atoms with Crippen LogP contribution in [0.15, 0.2) is 16.7 Å². The van der Waals surface area contributed by atoms with E-state index in [9.17, 15) is 22.8 Å². The van der Waals surface area contributed by atoms with Gasteiger partial charge in [-0.25, -0.2) is 4.79 Å². The molecule has 1 atom stereocenters. The molecule has 1 spiro atoms. The summed E-state index contributed by atoms with van der Waals surface area (Å²) in [5.74, 6) is -2.42. The number of aryl methyl sites for hydroxylation is 1. The molecule has 2 aliphatic rings. The molecule has 3 rings (SSSR count). The van der Waals surface area contributed by atoms with Crippen molar-refractivity contribution in [3.63, 3.8) is 0 Å². The van der Waals surface area contributed by atoms with Gasteiger partial charge in [-0.3, -0.25) is 14.5 Å². The lowest BCUT2D eigenvalue weighted by Gasteiger charge is -2.54. The van der Waals surface area contributed by atoms with Crippen molar-refractivity contribution in [1.29, 1.82) is 0 Å². The number of hydrogen-bond donors (Lipinski definition) is 1. The van der Waals surface area contributed by atoms with E-state index in [1.54, 1.807) is 30.0 Å². The average Bonchev–Trinajstić information content (AvgIpc) is 3.04. The summed E-state index contributed by atoms with van der Waals surface area (Å²) in [6.45, 7) is 3.90. The van der Waals surface area contributed by atoms with Crippen LogP contribution in [0.2, 0.25) is 0 Å². The van der Waals surface area contributed by atoms with Crippen LogP contribution in [0.1, 0.15) is 16.1 Å². The Labute approximate surface area is 170 Å². The molecule has 0 aromatic carbocycles. The number of aliphatic carboxylic acids is 1. The van der Waals surface area contributed by atoms with E-state index < -0.39 is 12.1 Å². The predicted molar refractivity (Wildman–Crippen MR) is 96.8 cm³/mol. The highest BCUT2D eigenvalue weighted by atomic mass is 19.4. The summed E-state index contributed by atoms with van der Waals surface area (Å²) in [6, 6.07) is 1.53. The summed E-state index contributed by atoms with van der Waals surface area (Å²) in [6.07, 6.45) is -3.56. The Hall–Kier alpha value is -2.60. The zero-order chi connectivity index (χ0) is 22.9. The maximum absolute atomic E-state index is 12.4. The SMILES string of the molecule is Cc1ccoc1C(=O)N1CC2(C1)CN(C)C(C(=O)N(C)C)CO2.O=C(O)C(F)(F)F. The highest BCUT2D eigenvalue weighted by Crippen LogP contribution is 2.32. The standard InChI is InChI=1S/C16H23N3O4.C2HF3O2/c1-11-5-6-22-13(11)15(21)19-9-16(10-19)8-18(4)12(7-23-16)14(20)17(2)3;3-2(4,5)1(6)7/h5-6,12H,7-10H2,1-4H3;(H,6,7). The van der Waals surface area contributed by atoms with Crippen LogP contribution < -0.4 is 0 Å². The number of carboxylic acids is 1. The minimum atomic E-state index is -5.08. The normalized spacial score (nSPS) is 20.8. The van der Waals surface area contributed by atoms with Gasteiger partial charge in [-0.05, 0) is 20.0 Å². The molecule has 0 aliphatic carbocycles.